The highest BCUT2D eigenvalue weighted by Gasteiger charge is 2.22. The van der Waals surface area contributed by atoms with Crippen LogP contribution in [0.1, 0.15) is 62.5 Å². The van der Waals surface area contributed by atoms with Crippen LogP contribution in [0.2, 0.25) is 0 Å². The first-order valence-electron chi connectivity index (χ1n) is 11.1. The van der Waals surface area contributed by atoms with E-state index in [0.717, 1.165) is 22.6 Å². The Morgan fingerprint density at radius 1 is 0.867 bits per heavy atom. The lowest BCUT2D eigenvalue weighted by Gasteiger charge is -2.28. The zero-order valence-electron chi connectivity index (χ0n) is 17.6. The molecule has 0 bridgehead atoms. The van der Waals surface area contributed by atoms with Crippen LogP contribution in [0.3, 0.4) is 0 Å². The SMILES string of the molecule is CCC[C@H]1CC[C@H](c2ccc(-c3cc(C#N)ccc3-c3ccccc3F)cc2)CC1. The fourth-order valence-electron chi connectivity index (χ4n) is 4.89. The smallest absolute Gasteiger partial charge is 0.131 e. The molecule has 2 heteroatoms. The van der Waals surface area contributed by atoms with Crippen molar-refractivity contribution in [2.24, 2.45) is 5.92 Å². The van der Waals surface area contributed by atoms with E-state index >= 15 is 0 Å². The highest BCUT2D eigenvalue weighted by atomic mass is 19.1. The number of hydrogen-bond donors (Lipinski definition) is 0. The van der Waals surface area contributed by atoms with Gasteiger partial charge in [-0.1, -0.05) is 68.3 Å². The van der Waals surface area contributed by atoms with Crippen LogP contribution in [0.15, 0.2) is 66.7 Å². The lowest BCUT2D eigenvalue weighted by molar-refractivity contribution is 0.308. The standard InChI is InChI=1S/C28H28FN/c1-2-5-20-8-11-22(12-9-20)23-13-15-24(16-14-23)27-18-21(19-30)10-17-25(27)26-6-3-4-7-28(26)29/h3-4,6-7,10,13-18,20,22H,2,5,8-9,11-12H2,1H3/t20-,22-. The fourth-order valence-corrected chi connectivity index (χ4v) is 4.89. The molecule has 1 aliphatic rings. The second-order valence-electron chi connectivity index (χ2n) is 8.48. The average molecular weight is 398 g/mol. The first kappa shape index (κ1) is 20.4. The van der Waals surface area contributed by atoms with Crippen LogP contribution in [0, 0.1) is 23.1 Å². The third-order valence-electron chi connectivity index (χ3n) is 6.55. The van der Waals surface area contributed by atoms with Crippen LogP contribution in [0.25, 0.3) is 22.3 Å². The zero-order chi connectivity index (χ0) is 20.9. The maximum Gasteiger partial charge on any atom is 0.131 e. The predicted molar refractivity (Wildman–Crippen MR) is 122 cm³/mol. The van der Waals surface area contributed by atoms with E-state index in [1.807, 2.05) is 18.2 Å². The van der Waals surface area contributed by atoms with Crippen LogP contribution >= 0.6 is 0 Å². The molecule has 0 amide bonds. The van der Waals surface area contributed by atoms with Gasteiger partial charge >= 0.3 is 0 Å². The molecule has 0 radical (unpaired) electrons. The molecule has 152 valence electrons. The van der Waals surface area contributed by atoms with Crippen LogP contribution in [0.4, 0.5) is 4.39 Å². The summed E-state index contributed by atoms with van der Waals surface area (Å²) in [5.41, 5.74) is 5.29. The van der Waals surface area contributed by atoms with Crippen molar-refractivity contribution in [2.75, 3.05) is 0 Å². The van der Waals surface area contributed by atoms with Gasteiger partial charge in [0.2, 0.25) is 0 Å². The molecule has 0 saturated heterocycles. The first-order valence-corrected chi connectivity index (χ1v) is 11.1. The van der Waals surface area contributed by atoms with Crippen molar-refractivity contribution in [3.63, 3.8) is 0 Å². The molecule has 1 fully saturated rings. The van der Waals surface area contributed by atoms with Gasteiger partial charge in [-0.25, -0.2) is 4.39 Å². The van der Waals surface area contributed by atoms with Crippen molar-refractivity contribution in [3.05, 3.63) is 83.7 Å². The second kappa shape index (κ2) is 9.26. The van der Waals surface area contributed by atoms with Crippen molar-refractivity contribution in [1.29, 1.82) is 5.26 Å². The molecule has 0 unspecified atom stereocenters. The van der Waals surface area contributed by atoms with E-state index < -0.39 is 0 Å². The molecule has 1 aliphatic carbocycles. The van der Waals surface area contributed by atoms with Gasteiger partial charge in [-0.3, -0.25) is 0 Å². The third-order valence-corrected chi connectivity index (χ3v) is 6.55. The lowest BCUT2D eigenvalue weighted by Crippen LogP contribution is -2.13. The molecule has 1 saturated carbocycles. The van der Waals surface area contributed by atoms with Gasteiger partial charge in [0.25, 0.3) is 0 Å². The summed E-state index contributed by atoms with van der Waals surface area (Å²) in [7, 11) is 0. The molecule has 0 N–H and O–H groups in total. The predicted octanol–water partition coefficient (Wildman–Crippen LogP) is 8.11. The molecule has 3 aromatic carbocycles. The van der Waals surface area contributed by atoms with Crippen LogP contribution < -0.4 is 0 Å². The van der Waals surface area contributed by atoms with E-state index in [1.54, 1.807) is 18.2 Å². The molecule has 1 nitrogen and oxygen atoms in total. The summed E-state index contributed by atoms with van der Waals surface area (Å²) in [4.78, 5) is 0. The minimum absolute atomic E-state index is 0.246. The summed E-state index contributed by atoms with van der Waals surface area (Å²) >= 11 is 0. The Morgan fingerprint density at radius 3 is 2.27 bits per heavy atom. The largest absolute Gasteiger partial charge is 0.206 e. The third kappa shape index (κ3) is 4.31. The molecule has 30 heavy (non-hydrogen) atoms. The highest BCUT2D eigenvalue weighted by Crippen LogP contribution is 2.39. The summed E-state index contributed by atoms with van der Waals surface area (Å²) in [5, 5.41) is 9.37. The molecular formula is C28H28FN. The van der Waals surface area contributed by atoms with Crippen LogP contribution in [0.5, 0.6) is 0 Å². The zero-order valence-corrected chi connectivity index (χ0v) is 17.6. The van der Waals surface area contributed by atoms with Crippen molar-refractivity contribution >= 4 is 0 Å². The van der Waals surface area contributed by atoms with E-state index in [-0.39, 0.29) is 5.82 Å². The molecule has 4 rings (SSSR count). The minimum atomic E-state index is -0.246. The van der Waals surface area contributed by atoms with Gasteiger partial charge in [-0.15, -0.1) is 0 Å². The van der Waals surface area contributed by atoms with Gasteiger partial charge in [-0.2, -0.15) is 5.26 Å². The van der Waals surface area contributed by atoms with Crippen molar-refractivity contribution < 1.29 is 4.39 Å². The summed E-state index contributed by atoms with van der Waals surface area (Å²) in [5.74, 6) is 1.30. The Morgan fingerprint density at radius 2 is 1.60 bits per heavy atom. The number of nitriles is 1. The molecule has 0 spiro atoms. The Bertz CT molecular complexity index is 1040. The number of halogens is 1. The summed E-state index contributed by atoms with van der Waals surface area (Å²) in [6.07, 6.45) is 7.86. The topological polar surface area (TPSA) is 23.8 Å². The number of benzene rings is 3. The summed E-state index contributed by atoms with van der Waals surface area (Å²) < 4.78 is 14.5. The van der Waals surface area contributed by atoms with Gasteiger partial charge in [0.15, 0.2) is 0 Å². The quantitative estimate of drug-likeness (QED) is 0.426. The number of nitrogens with zero attached hydrogens (tertiary/aromatic N) is 1. The lowest BCUT2D eigenvalue weighted by atomic mass is 9.77. The minimum Gasteiger partial charge on any atom is -0.206 e. The molecular weight excluding hydrogens is 369 g/mol. The summed E-state index contributed by atoms with van der Waals surface area (Å²) in [6, 6.07) is 23.2. The monoisotopic (exact) mass is 397 g/mol. The van der Waals surface area contributed by atoms with Crippen molar-refractivity contribution in [2.45, 2.75) is 51.4 Å². The van der Waals surface area contributed by atoms with Crippen molar-refractivity contribution in [1.82, 2.24) is 0 Å². The summed E-state index contributed by atoms with van der Waals surface area (Å²) in [6.45, 7) is 2.28. The van der Waals surface area contributed by atoms with Crippen LogP contribution in [-0.2, 0) is 0 Å². The molecule has 0 heterocycles. The molecule has 0 aliphatic heterocycles. The fraction of sp³-hybridized carbons (Fsp3) is 0.321. The average Bonchev–Trinajstić information content (AvgIpc) is 2.80. The molecule has 0 atom stereocenters. The number of hydrogen-bond acceptors (Lipinski definition) is 1. The highest BCUT2D eigenvalue weighted by molar-refractivity contribution is 5.84. The van der Waals surface area contributed by atoms with Gasteiger partial charge in [0.1, 0.15) is 5.82 Å². The number of rotatable bonds is 5. The van der Waals surface area contributed by atoms with Crippen molar-refractivity contribution in [3.8, 4) is 28.3 Å². The van der Waals surface area contributed by atoms with Gasteiger partial charge in [-0.05, 0) is 78.0 Å². The van der Waals surface area contributed by atoms with E-state index in [4.69, 9.17) is 0 Å². The maximum atomic E-state index is 14.5. The van der Waals surface area contributed by atoms with Gasteiger partial charge < -0.3 is 0 Å². The van der Waals surface area contributed by atoms with E-state index in [1.165, 1.54) is 50.2 Å². The Balaban J connectivity index is 1.63. The van der Waals surface area contributed by atoms with E-state index in [2.05, 4.69) is 37.3 Å². The van der Waals surface area contributed by atoms with Crippen LogP contribution in [-0.4, -0.2) is 0 Å². The molecule has 0 aromatic heterocycles. The Labute approximate surface area is 179 Å². The second-order valence-corrected chi connectivity index (χ2v) is 8.48. The maximum absolute atomic E-state index is 14.5. The van der Waals surface area contributed by atoms with Gasteiger partial charge in [0.05, 0.1) is 11.6 Å². The van der Waals surface area contributed by atoms with E-state index in [9.17, 15) is 9.65 Å². The first-order chi connectivity index (χ1) is 14.7. The van der Waals surface area contributed by atoms with Gasteiger partial charge in [0, 0.05) is 5.56 Å². The normalized spacial score (nSPS) is 18.7. The van der Waals surface area contributed by atoms with E-state index in [0.29, 0.717) is 17.0 Å². The Kier molecular flexibility index (Phi) is 6.29. The molecule has 3 aromatic rings. The Hall–Kier alpha value is -2.92.